The highest BCUT2D eigenvalue weighted by molar-refractivity contribution is 7.89. The summed E-state index contributed by atoms with van der Waals surface area (Å²) in [6, 6.07) is 7.75. The summed E-state index contributed by atoms with van der Waals surface area (Å²) < 4.78 is 27.4. The van der Waals surface area contributed by atoms with E-state index in [1.807, 2.05) is 19.1 Å². The number of nitrogens with one attached hydrogen (secondary N) is 1. The van der Waals surface area contributed by atoms with Gasteiger partial charge in [-0.1, -0.05) is 12.1 Å². The number of aryl methyl sites for hydroxylation is 1. The fraction of sp³-hybridized carbons (Fsp3) is 0.600. The minimum absolute atomic E-state index is 0.211. The molecule has 1 heterocycles. The third kappa shape index (κ3) is 2.90. The molecule has 0 amide bonds. The maximum Gasteiger partial charge on any atom is 0.243 e. The van der Waals surface area contributed by atoms with Crippen molar-refractivity contribution in [1.82, 2.24) is 9.62 Å². The Morgan fingerprint density at radius 2 is 2.10 bits per heavy atom. The first-order valence-electron chi connectivity index (χ1n) is 7.39. The van der Waals surface area contributed by atoms with Gasteiger partial charge in [-0.3, -0.25) is 0 Å². The molecule has 1 N–H and O–H groups in total. The topological polar surface area (TPSA) is 49.4 Å². The summed E-state index contributed by atoms with van der Waals surface area (Å²) in [7, 11) is -3.35. The Kier molecular flexibility index (Phi) is 3.84. The lowest BCUT2D eigenvalue weighted by Crippen LogP contribution is -2.42. The normalized spacial score (nSPS) is 23.4. The second kappa shape index (κ2) is 5.47. The van der Waals surface area contributed by atoms with E-state index >= 15 is 0 Å². The van der Waals surface area contributed by atoms with E-state index in [0.717, 1.165) is 37.8 Å². The zero-order valence-corrected chi connectivity index (χ0v) is 12.7. The molecule has 1 saturated carbocycles. The zero-order valence-electron chi connectivity index (χ0n) is 11.9. The molecule has 1 aliphatic carbocycles. The maximum atomic E-state index is 12.9. The fourth-order valence-corrected chi connectivity index (χ4v) is 4.68. The van der Waals surface area contributed by atoms with Gasteiger partial charge in [0.2, 0.25) is 10.0 Å². The summed E-state index contributed by atoms with van der Waals surface area (Å²) in [6.45, 7) is 3.55. The summed E-state index contributed by atoms with van der Waals surface area (Å²) in [5.41, 5.74) is 0.987. The van der Waals surface area contributed by atoms with Crippen LogP contribution < -0.4 is 5.32 Å². The summed E-state index contributed by atoms with van der Waals surface area (Å²) in [6.07, 6.45) is 4.22. The standard InChI is InChI=1S/C15H22N2O2S/c1-12-4-2-6-15(10-12)20(18,19)17(14-7-8-14)11-13-5-3-9-16-13/h2,4,6,10,13-14,16H,3,5,7-9,11H2,1H3. The van der Waals surface area contributed by atoms with Gasteiger partial charge in [-0.25, -0.2) is 8.42 Å². The molecule has 0 radical (unpaired) electrons. The summed E-state index contributed by atoms with van der Waals surface area (Å²) >= 11 is 0. The molecule has 1 aromatic rings. The Morgan fingerprint density at radius 3 is 2.70 bits per heavy atom. The van der Waals surface area contributed by atoms with Gasteiger partial charge in [0, 0.05) is 18.6 Å². The highest BCUT2D eigenvalue weighted by Crippen LogP contribution is 2.32. The molecule has 3 rings (SSSR count). The van der Waals surface area contributed by atoms with E-state index in [1.165, 1.54) is 0 Å². The third-order valence-electron chi connectivity index (χ3n) is 4.11. The molecule has 2 fully saturated rings. The lowest BCUT2D eigenvalue weighted by atomic mass is 10.2. The average molecular weight is 294 g/mol. The molecule has 5 heteroatoms. The number of benzene rings is 1. The van der Waals surface area contributed by atoms with Crippen molar-refractivity contribution in [1.29, 1.82) is 0 Å². The van der Waals surface area contributed by atoms with Crippen molar-refractivity contribution in [3.05, 3.63) is 29.8 Å². The van der Waals surface area contributed by atoms with Crippen molar-refractivity contribution < 1.29 is 8.42 Å². The van der Waals surface area contributed by atoms with Crippen molar-refractivity contribution >= 4 is 10.0 Å². The molecular weight excluding hydrogens is 272 g/mol. The van der Waals surface area contributed by atoms with Crippen molar-refractivity contribution in [3.8, 4) is 0 Å². The van der Waals surface area contributed by atoms with Gasteiger partial charge < -0.3 is 5.32 Å². The highest BCUT2D eigenvalue weighted by Gasteiger charge is 2.39. The molecule has 2 aliphatic rings. The largest absolute Gasteiger partial charge is 0.313 e. The first kappa shape index (κ1) is 14.0. The van der Waals surface area contributed by atoms with E-state index in [1.54, 1.807) is 16.4 Å². The van der Waals surface area contributed by atoms with Crippen LogP contribution in [0.4, 0.5) is 0 Å². The lowest BCUT2D eigenvalue weighted by Gasteiger charge is -2.25. The molecule has 0 aromatic heterocycles. The highest BCUT2D eigenvalue weighted by atomic mass is 32.2. The van der Waals surface area contributed by atoms with Crippen LogP contribution in [0, 0.1) is 6.92 Å². The molecule has 1 atom stereocenters. The van der Waals surface area contributed by atoms with Gasteiger partial charge in [0.1, 0.15) is 0 Å². The predicted octanol–water partition coefficient (Wildman–Crippen LogP) is 1.90. The van der Waals surface area contributed by atoms with E-state index < -0.39 is 10.0 Å². The van der Waals surface area contributed by atoms with E-state index in [4.69, 9.17) is 0 Å². The van der Waals surface area contributed by atoms with E-state index in [9.17, 15) is 8.42 Å². The van der Waals surface area contributed by atoms with Gasteiger partial charge in [-0.2, -0.15) is 4.31 Å². The number of sulfonamides is 1. The number of hydrogen-bond acceptors (Lipinski definition) is 3. The maximum absolute atomic E-state index is 12.9. The number of rotatable bonds is 5. The van der Waals surface area contributed by atoms with Crippen LogP contribution in [0.2, 0.25) is 0 Å². The second-order valence-electron chi connectivity index (χ2n) is 5.92. The van der Waals surface area contributed by atoms with Crippen molar-refractivity contribution in [3.63, 3.8) is 0 Å². The Morgan fingerprint density at radius 1 is 1.30 bits per heavy atom. The van der Waals surface area contributed by atoms with E-state index in [2.05, 4.69) is 5.32 Å². The van der Waals surface area contributed by atoms with Crippen molar-refractivity contribution in [2.75, 3.05) is 13.1 Å². The van der Waals surface area contributed by atoms with Gasteiger partial charge in [0.05, 0.1) is 4.90 Å². The van der Waals surface area contributed by atoms with Gasteiger partial charge in [0.25, 0.3) is 0 Å². The predicted molar refractivity (Wildman–Crippen MR) is 79.1 cm³/mol. The monoisotopic (exact) mass is 294 g/mol. The molecule has 20 heavy (non-hydrogen) atoms. The molecule has 0 spiro atoms. The van der Waals surface area contributed by atoms with E-state index in [0.29, 0.717) is 17.5 Å². The van der Waals surface area contributed by atoms with Gasteiger partial charge in [0.15, 0.2) is 0 Å². The number of hydrogen-bond donors (Lipinski definition) is 1. The molecule has 4 nitrogen and oxygen atoms in total. The SMILES string of the molecule is Cc1cccc(S(=O)(=O)N(CC2CCCN2)C2CC2)c1. The smallest absolute Gasteiger partial charge is 0.243 e. The zero-order chi connectivity index (χ0) is 14.2. The summed E-state index contributed by atoms with van der Waals surface area (Å²) in [5, 5.41) is 3.40. The molecule has 1 aromatic carbocycles. The van der Waals surface area contributed by atoms with Crippen LogP contribution in [0.25, 0.3) is 0 Å². The van der Waals surface area contributed by atoms with Crippen molar-refractivity contribution in [2.24, 2.45) is 0 Å². The first-order chi connectivity index (χ1) is 9.57. The first-order valence-corrected chi connectivity index (χ1v) is 8.83. The van der Waals surface area contributed by atoms with E-state index in [-0.39, 0.29) is 6.04 Å². The molecular formula is C15H22N2O2S. The Labute approximate surface area is 121 Å². The van der Waals surface area contributed by atoms with Crippen LogP contribution in [0.1, 0.15) is 31.2 Å². The summed E-state index contributed by atoms with van der Waals surface area (Å²) in [4.78, 5) is 0.433. The van der Waals surface area contributed by atoms with Gasteiger partial charge in [-0.05, 0) is 56.8 Å². The second-order valence-corrected chi connectivity index (χ2v) is 7.81. The quantitative estimate of drug-likeness (QED) is 0.902. The molecule has 1 saturated heterocycles. The van der Waals surface area contributed by atoms with Crippen LogP contribution >= 0.6 is 0 Å². The average Bonchev–Trinajstić information content (AvgIpc) is 3.12. The van der Waals surface area contributed by atoms with Gasteiger partial charge in [-0.15, -0.1) is 0 Å². The van der Waals surface area contributed by atoms with Crippen LogP contribution in [0.5, 0.6) is 0 Å². The fourth-order valence-electron chi connectivity index (χ4n) is 2.85. The molecule has 0 bridgehead atoms. The third-order valence-corrected chi connectivity index (χ3v) is 6.03. The van der Waals surface area contributed by atoms with Crippen LogP contribution in [-0.2, 0) is 10.0 Å². The molecule has 1 unspecified atom stereocenters. The Hall–Kier alpha value is -0.910. The minimum Gasteiger partial charge on any atom is -0.313 e. The van der Waals surface area contributed by atoms with Crippen molar-refractivity contribution in [2.45, 2.75) is 49.6 Å². The Bertz CT molecular complexity index is 575. The Balaban J connectivity index is 1.85. The van der Waals surface area contributed by atoms with Gasteiger partial charge >= 0.3 is 0 Å². The summed E-state index contributed by atoms with van der Waals surface area (Å²) in [5.74, 6) is 0. The lowest BCUT2D eigenvalue weighted by molar-refractivity contribution is 0.363. The molecule has 110 valence electrons. The molecule has 1 aliphatic heterocycles. The van der Waals surface area contributed by atoms with Crippen LogP contribution in [0.3, 0.4) is 0 Å². The number of nitrogens with zero attached hydrogens (tertiary/aromatic N) is 1. The van der Waals surface area contributed by atoms with Crippen LogP contribution in [-0.4, -0.2) is 37.9 Å². The van der Waals surface area contributed by atoms with Crippen LogP contribution in [0.15, 0.2) is 29.2 Å². The minimum atomic E-state index is -3.35.